The highest BCUT2D eigenvalue weighted by Crippen LogP contribution is 2.40. The Morgan fingerprint density at radius 3 is 2.49 bits per heavy atom. The number of nitrogens with zero attached hydrogens (tertiary/aromatic N) is 5. The van der Waals surface area contributed by atoms with Crippen molar-refractivity contribution < 1.29 is 27.4 Å². The number of alkyl halides is 3. The number of aryl methyl sites for hydroxylation is 2. The second-order valence-corrected chi connectivity index (χ2v) is 9.71. The van der Waals surface area contributed by atoms with Gasteiger partial charge in [-0.2, -0.15) is 18.3 Å². The number of hydrazine groups is 1. The number of methoxy groups -OCH3 is 2. The number of nitrogens with one attached hydrogen (secondary N) is 1. The molecule has 1 aromatic carbocycles. The van der Waals surface area contributed by atoms with Crippen molar-refractivity contribution in [1.29, 1.82) is 0 Å². The summed E-state index contributed by atoms with van der Waals surface area (Å²) in [4.78, 5) is 19.3. The topological polar surface area (TPSA) is 111 Å². The molecule has 0 radical (unpaired) electrons. The van der Waals surface area contributed by atoms with Crippen LogP contribution in [0.2, 0.25) is 0 Å². The average Bonchev–Trinajstić information content (AvgIpc) is 3.24. The molecular formula is C28H36F3N7O3. The maximum absolute atomic E-state index is 14.0. The third kappa shape index (κ3) is 7.63. The maximum Gasteiger partial charge on any atom is 0.420 e. The summed E-state index contributed by atoms with van der Waals surface area (Å²) in [6, 6.07) is 3.86. The first-order valence-electron chi connectivity index (χ1n) is 12.7. The predicted molar refractivity (Wildman–Crippen MR) is 151 cm³/mol. The fourth-order valence-corrected chi connectivity index (χ4v) is 4.29. The molecule has 41 heavy (non-hydrogen) atoms. The summed E-state index contributed by atoms with van der Waals surface area (Å²) in [5, 5.41) is 8.17. The lowest BCUT2D eigenvalue weighted by Crippen LogP contribution is -2.26. The van der Waals surface area contributed by atoms with Gasteiger partial charge < -0.3 is 14.8 Å². The third-order valence-electron chi connectivity index (χ3n) is 6.64. The molecule has 0 spiro atoms. The second kappa shape index (κ2) is 13.1. The Balaban J connectivity index is 1.93. The van der Waals surface area contributed by atoms with Crippen molar-refractivity contribution in [3.63, 3.8) is 0 Å². The molecule has 13 heteroatoms. The Morgan fingerprint density at radius 1 is 1.20 bits per heavy atom. The maximum atomic E-state index is 14.0. The molecule has 222 valence electrons. The molecule has 0 fully saturated rings. The molecule has 0 unspecified atom stereocenters. The largest absolute Gasteiger partial charge is 0.496 e. The monoisotopic (exact) mass is 575 g/mol. The number of aromatic nitrogens is 3. The number of pyridine rings is 1. The highest BCUT2D eigenvalue weighted by Gasteiger charge is 2.36. The summed E-state index contributed by atoms with van der Waals surface area (Å²) in [5.41, 5.74) is 3.07. The van der Waals surface area contributed by atoms with Gasteiger partial charge >= 0.3 is 6.18 Å². The van der Waals surface area contributed by atoms with E-state index in [1.807, 2.05) is 20.9 Å². The molecule has 2 aromatic heterocycles. The second-order valence-electron chi connectivity index (χ2n) is 9.71. The molecule has 3 N–H and O–H groups in total. The molecule has 3 rings (SSSR count). The van der Waals surface area contributed by atoms with E-state index in [9.17, 15) is 18.0 Å². The first kappa shape index (κ1) is 31.6. The Morgan fingerprint density at radius 2 is 1.90 bits per heavy atom. The number of hydrogen-bond donors (Lipinski definition) is 2. The normalized spacial score (nSPS) is 12.1. The number of nitrogens with two attached hydrogens (primary N) is 1. The number of benzene rings is 1. The number of allylic oxidation sites excluding steroid dienone is 1. The molecule has 2 heterocycles. The van der Waals surface area contributed by atoms with Gasteiger partial charge in [0.1, 0.15) is 5.75 Å². The summed E-state index contributed by atoms with van der Waals surface area (Å²) in [6.07, 6.45) is 0.0671. The number of halogens is 3. The Bertz CT molecular complexity index is 1420. The van der Waals surface area contributed by atoms with E-state index in [-0.39, 0.29) is 29.1 Å². The fraction of sp³-hybridized carbons (Fsp3) is 0.393. The lowest BCUT2D eigenvalue weighted by molar-refractivity contribution is -0.138. The van der Waals surface area contributed by atoms with E-state index in [1.54, 1.807) is 43.1 Å². The molecule has 0 aliphatic heterocycles. The Labute approximate surface area is 237 Å². The standard InChI is InChI=1S/C28H36F3N7O3/c1-17(23-14-34-37(5)19(23)3)15-38(32)25-11-20(13-33-18(25)2)27(39)35-22-10-21(16-36(4)8-9-40-6)26(41-7)24(12-22)28(29,30)31/h10-15H,8-9,16,32H2,1-7H3,(H,35,39)/b17-15+. The average molecular weight is 576 g/mol. The van der Waals surface area contributed by atoms with Crippen LogP contribution in [0.3, 0.4) is 0 Å². The summed E-state index contributed by atoms with van der Waals surface area (Å²) < 4.78 is 53.9. The predicted octanol–water partition coefficient (Wildman–Crippen LogP) is 4.53. The van der Waals surface area contributed by atoms with Crippen LogP contribution in [0, 0.1) is 13.8 Å². The fourth-order valence-electron chi connectivity index (χ4n) is 4.29. The van der Waals surface area contributed by atoms with Crippen molar-refractivity contribution in [2.24, 2.45) is 12.9 Å². The van der Waals surface area contributed by atoms with E-state index in [0.717, 1.165) is 22.9 Å². The number of rotatable bonds is 11. The van der Waals surface area contributed by atoms with Gasteiger partial charge in [-0.15, -0.1) is 0 Å². The van der Waals surface area contributed by atoms with Crippen molar-refractivity contribution in [2.75, 3.05) is 44.7 Å². The zero-order valence-electron chi connectivity index (χ0n) is 24.3. The highest BCUT2D eigenvalue weighted by molar-refractivity contribution is 6.04. The highest BCUT2D eigenvalue weighted by atomic mass is 19.4. The van der Waals surface area contributed by atoms with E-state index in [1.165, 1.54) is 30.4 Å². The minimum atomic E-state index is -4.71. The summed E-state index contributed by atoms with van der Waals surface area (Å²) in [5.74, 6) is 5.37. The van der Waals surface area contributed by atoms with Crippen LogP contribution in [0.15, 0.2) is 36.8 Å². The van der Waals surface area contributed by atoms with E-state index >= 15 is 0 Å². The van der Waals surface area contributed by atoms with Gasteiger partial charge in [-0.05, 0) is 51.6 Å². The van der Waals surface area contributed by atoms with E-state index in [0.29, 0.717) is 24.5 Å². The van der Waals surface area contributed by atoms with Crippen LogP contribution in [0.5, 0.6) is 5.75 Å². The van der Waals surface area contributed by atoms with Gasteiger partial charge in [0.2, 0.25) is 0 Å². The Hall–Kier alpha value is -3.94. The van der Waals surface area contributed by atoms with Crippen LogP contribution in [0.25, 0.3) is 5.57 Å². The lowest BCUT2D eigenvalue weighted by Gasteiger charge is -2.22. The van der Waals surface area contributed by atoms with Gasteiger partial charge in [-0.25, -0.2) is 5.84 Å². The Kier molecular flexibility index (Phi) is 10.1. The van der Waals surface area contributed by atoms with Crippen LogP contribution in [0.1, 0.15) is 45.4 Å². The molecule has 3 aromatic rings. The van der Waals surface area contributed by atoms with Gasteiger partial charge in [0, 0.05) is 62.2 Å². The van der Waals surface area contributed by atoms with Crippen LogP contribution in [0.4, 0.5) is 24.5 Å². The molecule has 0 aliphatic carbocycles. The van der Waals surface area contributed by atoms with Crippen molar-refractivity contribution >= 4 is 22.9 Å². The van der Waals surface area contributed by atoms with Crippen LogP contribution in [-0.4, -0.2) is 60.0 Å². The van der Waals surface area contributed by atoms with Crippen molar-refractivity contribution in [3.05, 3.63) is 70.4 Å². The number of likely N-dealkylation sites (N-methyl/N-ethyl adjacent to an activating group) is 1. The molecule has 0 saturated heterocycles. The van der Waals surface area contributed by atoms with Crippen molar-refractivity contribution in [3.8, 4) is 5.75 Å². The van der Waals surface area contributed by atoms with Gasteiger partial charge in [-0.3, -0.25) is 24.4 Å². The number of carbonyl (C=O) groups excluding carboxylic acids is 1. The zero-order chi connectivity index (χ0) is 30.5. The van der Waals surface area contributed by atoms with Gasteiger partial charge in [0.25, 0.3) is 5.91 Å². The van der Waals surface area contributed by atoms with Crippen LogP contribution in [-0.2, 0) is 24.5 Å². The quantitative estimate of drug-likeness (QED) is 0.254. The van der Waals surface area contributed by atoms with Crippen molar-refractivity contribution in [1.82, 2.24) is 19.7 Å². The SMILES string of the molecule is COCCN(C)Cc1cc(NC(=O)c2cnc(C)c(N(N)/C=C(\C)c3cnn(C)c3C)c2)cc(C(F)(F)F)c1OC. The summed E-state index contributed by atoms with van der Waals surface area (Å²) >= 11 is 0. The lowest BCUT2D eigenvalue weighted by atomic mass is 10.1. The smallest absolute Gasteiger partial charge is 0.420 e. The van der Waals surface area contributed by atoms with E-state index < -0.39 is 17.6 Å². The van der Waals surface area contributed by atoms with Crippen molar-refractivity contribution in [2.45, 2.75) is 33.5 Å². The molecular weight excluding hydrogens is 539 g/mol. The third-order valence-corrected chi connectivity index (χ3v) is 6.64. The van der Waals surface area contributed by atoms with Crippen LogP contribution < -0.4 is 20.9 Å². The first-order chi connectivity index (χ1) is 19.3. The molecule has 1 amide bonds. The summed E-state index contributed by atoms with van der Waals surface area (Å²) in [7, 11) is 6.32. The van der Waals surface area contributed by atoms with Gasteiger partial charge in [-0.1, -0.05) is 0 Å². The number of hydrogen-bond acceptors (Lipinski definition) is 8. The number of carbonyl (C=O) groups is 1. The molecule has 0 saturated carbocycles. The van der Waals surface area contributed by atoms with E-state index in [2.05, 4.69) is 15.4 Å². The van der Waals surface area contributed by atoms with Gasteiger partial charge in [0.15, 0.2) is 0 Å². The molecule has 10 nitrogen and oxygen atoms in total. The minimum Gasteiger partial charge on any atom is -0.496 e. The molecule has 0 aliphatic rings. The van der Waals surface area contributed by atoms with E-state index in [4.69, 9.17) is 15.3 Å². The summed E-state index contributed by atoms with van der Waals surface area (Å²) in [6.45, 7) is 6.58. The zero-order valence-corrected chi connectivity index (χ0v) is 24.3. The number of ether oxygens (including phenoxy) is 2. The van der Waals surface area contributed by atoms with Crippen LogP contribution >= 0.6 is 0 Å². The molecule has 0 bridgehead atoms. The molecule has 0 atom stereocenters. The number of anilines is 2. The minimum absolute atomic E-state index is 0.0345. The number of amides is 1. The van der Waals surface area contributed by atoms with Gasteiger partial charge in [0.05, 0.1) is 42.4 Å². The first-order valence-corrected chi connectivity index (χ1v) is 12.7.